The van der Waals surface area contributed by atoms with Crippen LogP contribution in [-0.2, 0) is 34.5 Å². The van der Waals surface area contributed by atoms with E-state index >= 15 is 0 Å². The third kappa shape index (κ3) is 9.59. The molecule has 0 aliphatic carbocycles. The summed E-state index contributed by atoms with van der Waals surface area (Å²) in [4.78, 5) is 1.15. The number of hydrogen-bond acceptors (Lipinski definition) is 7. The van der Waals surface area contributed by atoms with Crippen molar-refractivity contribution in [3.05, 3.63) is 29.8 Å². The summed E-state index contributed by atoms with van der Waals surface area (Å²) in [6, 6.07) is 8.02. The van der Waals surface area contributed by atoms with Gasteiger partial charge in [0, 0.05) is 10.1 Å². The van der Waals surface area contributed by atoms with Crippen molar-refractivity contribution in [1.29, 1.82) is 0 Å². The maximum absolute atomic E-state index is 14.2. The Morgan fingerprint density at radius 1 is 0.806 bits per heavy atom. The highest BCUT2D eigenvalue weighted by atomic mass is 32.5. The van der Waals surface area contributed by atoms with Gasteiger partial charge in [0.15, 0.2) is 5.40 Å². The lowest BCUT2D eigenvalue weighted by Crippen LogP contribution is -2.13. The van der Waals surface area contributed by atoms with Crippen molar-refractivity contribution < 1.29 is 22.7 Å². The van der Waals surface area contributed by atoms with Gasteiger partial charge in [-0.15, -0.1) is 11.8 Å². The Balaban J connectivity index is 3.53. The van der Waals surface area contributed by atoms with Crippen LogP contribution in [0.5, 0.6) is 0 Å². The van der Waals surface area contributed by atoms with Gasteiger partial charge in [0.2, 0.25) is 6.49 Å². The molecular weight excluding hydrogens is 470 g/mol. The fraction of sp³-hybridized carbons (Fsp3) is 0.727. The van der Waals surface area contributed by atoms with Crippen LogP contribution in [0.1, 0.15) is 78.2 Å². The molecule has 31 heavy (non-hydrogen) atoms. The number of hydrogen-bond donors (Lipinski definition) is 0. The van der Waals surface area contributed by atoms with Crippen molar-refractivity contribution in [3.63, 3.8) is 0 Å². The normalized spacial score (nSPS) is 13.6. The molecule has 1 aromatic rings. The van der Waals surface area contributed by atoms with Gasteiger partial charge in [0.25, 0.3) is 0 Å². The van der Waals surface area contributed by atoms with E-state index in [1.165, 1.54) is 0 Å². The minimum absolute atomic E-state index is 0.329. The van der Waals surface area contributed by atoms with E-state index in [1.807, 2.05) is 52.0 Å². The molecule has 0 aliphatic rings. The zero-order valence-corrected chi connectivity index (χ0v) is 23.3. The molecule has 180 valence electrons. The molecule has 0 fully saturated rings. The van der Waals surface area contributed by atoms with Crippen molar-refractivity contribution in [2.45, 2.75) is 82.8 Å². The summed E-state index contributed by atoms with van der Waals surface area (Å²) in [5, 5.41) is -0.288. The van der Waals surface area contributed by atoms with Crippen LogP contribution < -0.4 is 0 Å². The van der Waals surface area contributed by atoms with Crippen LogP contribution in [0.25, 0.3) is 0 Å². The third-order valence-corrected chi connectivity index (χ3v) is 12.5. The fourth-order valence-electron chi connectivity index (χ4n) is 2.76. The van der Waals surface area contributed by atoms with E-state index < -0.39 is 19.5 Å². The fourth-order valence-corrected chi connectivity index (χ4v) is 11.2. The molecule has 1 atom stereocenters. The molecule has 0 spiro atoms. The van der Waals surface area contributed by atoms with Crippen molar-refractivity contribution in [2.24, 2.45) is 0 Å². The van der Waals surface area contributed by atoms with Gasteiger partial charge in [-0.05, 0) is 55.2 Å². The Bertz CT molecular complexity index is 654. The lowest BCUT2D eigenvalue weighted by molar-refractivity contribution is 0.195. The molecule has 5 nitrogen and oxygen atoms in total. The van der Waals surface area contributed by atoms with Crippen molar-refractivity contribution in [2.75, 3.05) is 26.4 Å². The molecular formula is C22H40O5P2S2. The van der Waals surface area contributed by atoms with E-state index in [2.05, 4.69) is 13.8 Å². The first-order chi connectivity index (χ1) is 14.8. The lowest BCUT2D eigenvalue weighted by Gasteiger charge is -2.35. The van der Waals surface area contributed by atoms with Crippen LogP contribution in [0.15, 0.2) is 29.2 Å². The van der Waals surface area contributed by atoms with E-state index in [0.717, 1.165) is 36.1 Å². The summed E-state index contributed by atoms with van der Waals surface area (Å²) >= 11 is 7.80. The van der Waals surface area contributed by atoms with Gasteiger partial charge >= 0.3 is 7.60 Å². The van der Waals surface area contributed by atoms with E-state index in [4.69, 9.17) is 29.9 Å². The molecule has 0 bridgehead atoms. The van der Waals surface area contributed by atoms with E-state index in [9.17, 15) is 4.57 Å². The maximum Gasteiger partial charge on any atom is 0.347 e. The largest absolute Gasteiger partial charge is 0.347 e. The average Bonchev–Trinajstić information content (AvgIpc) is 2.74. The van der Waals surface area contributed by atoms with E-state index in [-0.39, 0.29) is 0 Å². The Morgan fingerprint density at radius 2 is 1.23 bits per heavy atom. The van der Waals surface area contributed by atoms with Gasteiger partial charge in [-0.1, -0.05) is 53.7 Å². The summed E-state index contributed by atoms with van der Waals surface area (Å²) < 4.78 is 38.4. The third-order valence-electron chi connectivity index (χ3n) is 4.05. The van der Waals surface area contributed by atoms with Crippen molar-refractivity contribution >= 4 is 37.7 Å². The highest BCUT2D eigenvalue weighted by Crippen LogP contribution is 2.79. The zero-order valence-electron chi connectivity index (χ0n) is 19.9. The minimum Gasteiger partial charge on any atom is -0.328 e. The van der Waals surface area contributed by atoms with Gasteiger partial charge in [0.05, 0.1) is 26.4 Å². The standard InChI is InChI=1S/C22H40O5P2S2/c1-7-15-24-28(23,25-16-8-2)22(29(30,26-17-9-3)27-18-10-4)20-11-13-21(14-12-20)31-19(5)6/h11-14,19,22H,7-10,15-18H2,1-6H3. The van der Waals surface area contributed by atoms with Crippen LogP contribution in [0.3, 0.4) is 0 Å². The molecule has 0 saturated carbocycles. The average molecular weight is 511 g/mol. The summed E-state index contributed by atoms with van der Waals surface area (Å²) in [6.45, 7) is 10.8. The topological polar surface area (TPSA) is 54.0 Å². The Morgan fingerprint density at radius 3 is 1.61 bits per heavy atom. The quantitative estimate of drug-likeness (QED) is 0.154. The number of benzene rings is 1. The van der Waals surface area contributed by atoms with Crippen LogP contribution in [0.4, 0.5) is 0 Å². The molecule has 0 aliphatic heterocycles. The van der Waals surface area contributed by atoms with Gasteiger partial charge in [-0.25, -0.2) is 0 Å². The molecule has 0 heterocycles. The summed E-state index contributed by atoms with van der Waals surface area (Å²) in [5.41, 5.74) is 0.791. The number of rotatable bonds is 17. The molecule has 1 unspecified atom stereocenters. The predicted octanol–water partition coefficient (Wildman–Crippen LogP) is 8.39. The first kappa shape index (κ1) is 29.3. The molecule has 0 amide bonds. The zero-order chi connectivity index (χ0) is 23.3. The van der Waals surface area contributed by atoms with Crippen LogP contribution >= 0.6 is 25.8 Å². The Hall–Kier alpha value is 0.290. The molecule has 9 heteroatoms. The molecule has 1 aromatic carbocycles. The first-order valence-corrected chi connectivity index (χ1v) is 16.5. The summed E-state index contributed by atoms with van der Waals surface area (Å²) in [6.07, 6.45) is 3.04. The second-order valence-corrected chi connectivity index (χ2v) is 15.3. The number of thioether (sulfide) groups is 1. The van der Waals surface area contributed by atoms with Gasteiger partial charge in [0.1, 0.15) is 0 Å². The SMILES string of the molecule is CCCOP(=O)(OCCC)C(c1ccc(SC(C)C)cc1)P(=S)(OCCC)OCCC. The van der Waals surface area contributed by atoms with Crippen molar-refractivity contribution in [1.82, 2.24) is 0 Å². The predicted molar refractivity (Wildman–Crippen MR) is 137 cm³/mol. The smallest absolute Gasteiger partial charge is 0.328 e. The van der Waals surface area contributed by atoms with Crippen LogP contribution in [-0.4, -0.2) is 31.7 Å². The molecule has 0 radical (unpaired) electrons. The lowest BCUT2D eigenvalue weighted by atomic mass is 10.2. The van der Waals surface area contributed by atoms with E-state index in [1.54, 1.807) is 11.8 Å². The molecule has 0 aromatic heterocycles. The molecule has 1 rings (SSSR count). The Labute approximate surface area is 199 Å². The first-order valence-electron chi connectivity index (χ1n) is 11.3. The Kier molecular flexibility index (Phi) is 14.4. The van der Waals surface area contributed by atoms with Gasteiger partial charge < -0.3 is 18.1 Å². The molecule has 0 saturated heterocycles. The summed E-state index contributed by atoms with van der Waals surface area (Å²) in [7, 11) is -3.64. The highest BCUT2D eigenvalue weighted by molar-refractivity contribution is 8.12. The monoisotopic (exact) mass is 510 g/mol. The van der Waals surface area contributed by atoms with E-state index in [0.29, 0.717) is 31.7 Å². The minimum atomic E-state index is -3.64. The maximum atomic E-state index is 14.2. The summed E-state index contributed by atoms with van der Waals surface area (Å²) in [5.74, 6) is 0. The van der Waals surface area contributed by atoms with Gasteiger partial charge in [-0.2, -0.15) is 0 Å². The van der Waals surface area contributed by atoms with Crippen molar-refractivity contribution in [3.8, 4) is 0 Å². The van der Waals surface area contributed by atoms with Crippen LogP contribution in [0.2, 0.25) is 0 Å². The second kappa shape index (κ2) is 15.2. The second-order valence-electron chi connectivity index (χ2n) is 7.52. The van der Waals surface area contributed by atoms with Gasteiger partial charge in [-0.3, -0.25) is 4.57 Å². The van der Waals surface area contributed by atoms with Crippen LogP contribution in [0, 0.1) is 0 Å². The highest BCUT2D eigenvalue weighted by Gasteiger charge is 2.48. The molecule has 0 N–H and O–H groups in total.